The van der Waals surface area contributed by atoms with Gasteiger partial charge in [0.25, 0.3) is 0 Å². The molecule has 6 heteroatoms. The van der Waals surface area contributed by atoms with E-state index >= 15 is 0 Å². The Labute approximate surface area is 125 Å². The van der Waals surface area contributed by atoms with Crippen LogP contribution in [0.3, 0.4) is 0 Å². The molecule has 0 saturated heterocycles. The van der Waals surface area contributed by atoms with E-state index in [1.807, 2.05) is 18.2 Å². The molecule has 4 rings (SSSR count). The summed E-state index contributed by atoms with van der Waals surface area (Å²) in [6, 6.07) is 5.74. The van der Waals surface area contributed by atoms with Crippen LogP contribution in [-0.2, 0) is 11.2 Å². The fraction of sp³-hybridized carbons (Fsp3) is 0.333. The first kappa shape index (κ1) is 12.6. The molecule has 1 aliphatic heterocycles. The topological polar surface area (TPSA) is 68.7 Å². The second kappa shape index (κ2) is 4.73. The van der Waals surface area contributed by atoms with Gasteiger partial charge in [-0.25, -0.2) is 4.98 Å². The van der Waals surface area contributed by atoms with Gasteiger partial charge in [-0.1, -0.05) is 0 Å². The molecule has 1 atom stereocenters. The number of carboxylic acid groups (broad SMARTS) is 1. The van der Waals surface area contributed by atoms with Gasteiger partial charge in [-0.05, 0) is 31.0 Å². The average molecular weight is 303 g/mol. The summed E-state index contributed by atoms with van der Waals surface area (Å²) in [5.74, 6) is 0.233. The monoisotopic (exact) mass is 303 g/mol. The summed E-state index contributed by atoms with van der Waals surface area (Å²) in [5, 5.41) is 10.1. The Hall–Kier alpha value is -2.08. The minimum Gasteiger partial charge on any atom is -0.486 e. The van der Waals surface area contributed by atoms with E-state index < -0.39 is 11.9 Å². The Balaban J connectivity index is 1.72. The van der Waals surface area contributed by atoms with Gasteiger partial charge in [-0.2, -0.15) is 0 Å². The van der Waals surface area contributed by atoms with Crippen LogP contribution in [0, 0.1) is 0 Å². The lowest BCUT2D eigenvalue weighted by Crippen LogP contribution is -2.15. The van der Waals surface area contributed by atoms with E-state index in [9.17, 15) is 9.90 Å². The number of carbonyl (C=O) groups is 1. The van der Waals surface area contributed by atoms with Crippen LogP contribution in [0.1, 0.15) is 22.9 Å². The van der Waals surface area contributed by atoms with Crippen molar-refractivity contribution >= 4 is 17.3 Å². The average Bonchev–Trinajstić information content (AvgIpc) is 3.06. The molecule has 0 bridgehead atoms. The Kier molecular flexibility index (Phi) is 2.85. The summed E-state index contributed by atoms with van der Waals surface area (Å²) in [7, 11) is 0. The van der Waals surface area contributed by atoms with Crippen molar-refractivity contribution in [3.8, 4) is 22.1 Å². The largest absolute Gasteiger partial charge is 0.486 e. The van der Waals surface area contributed by atoms with Crippen LogP contribution in [-0.4, -0.2) is 29.3 Å². The summed E-state index contributed by atoms with van der Waals surface area (Å²) in [4.78, 5) is 16.9. The molecule has 0 fully saturated rings. The standard InChI is InChI=1S/C15H13NO4S/c17-15(18)9-2-4-12-13(9)16-14(21-12)8-1-3-10-11(7-8)20-6-5-19-10/h1,3,7,9H,2,4-6H2,(H,17,18). The number of rotatable bonds is 2. The molecule has 21 heavy (non-hydrogen) atoms. The molecule has 0 amide bonds. The van der Waals surface area contributed by atoms with E-state index in [0.29, 0.717) is 19.6 Å². The molecule has 5 nitrogen and oxygen atoms in total. The van der Waals surface area contributed by atoms with Gasteiger partial charge in [0.15, 0.2) is 11.5 Å². The number of fused-ring (bicyclic) bond motifs is 2. The first-order chi connectivity index (χ1) is 10.2. The summed E-state index contributed by atoms with van der Waals surface area (Å²) in [6.45, 7) is 1.12. The zero-order valence-electron chi connectivity index (χ0n) is 11.2. The highest BCUT2D eigenvalue weighted by molar-refractivity contribution is 7.15. The third-order valence-electron chi connectivity index (χ3n) is 3.80. The molecule has 0 saturated carbocycles. The maximum Gasteiger partial charge on any atom is 0.312 e. The van der Waals surface area contributed by atoms with Crippen molar-refractivity contribution in [3.63, 3.8) is 0 Å². The maximum atomic E-state index is 11.2. The molecule has 1 aromatic heterocycles. The van der Waals surface area contributed by atoms with Crippen molar-refractivity contribution in [2.45, 2.75) is 18.8 Å². The van der Waals surface area contributed by atoms with Crippen LogP contribution in [0.4, 0.5) is 0 Å². The smallest absolute Gasteiger partial charge is 0.312 e. The lowest BCUT2D eigenvalue weighted by molar-refractivity contribution is -0.138. The van der Waals surface area contributed by atoms with Crippen molar-refractivity contribution in [2.75, 3.05) is 13.2 Å². The van der Waals surface area contributed by atoms with E-state index in [-0.39, 0.29) is 0 Å². The summed E-state index contributed by atoms with van der Waals surface area (Å²) >= 11 is 1.58. The van der Waals surface area contributed by atoms with E-state index in [1.165, 1.54) is 0 Å². The van der Waals surface area contributed by atoms with Gasteiger partial charge < -0.3 is 14.6 Å². The number of aryl methyl sites for hydroxylation is 1. The van der Waals surface area contributed by atoms with Crippen LogP contribution in [0.2, 0.25) is 0 Å². The molecule has 1 aromatic carbocycles. The highest BCUT2D eigenvalue weighted by Gasteiger charge is 2.32. The first-order valence-corrected chi connectivity index (χ1v) is 7.66. The number of carboxylic acids is 1. The van der Waals surface area contributed by atoms with Crippen molar-refractivity contribution < 1.29 is 19.4 Å². The van der Waals surface area contributed by atoms with E-state index in [2.05, 4.69) is 4.98 Å². The highest BCUT2D eigenvalue weighted by Crippen LogP contribution is 2.41. The zero-order valence-corrected chi connectivity index (χ0v) is 12.0. The van der Waals surface area contributed by atoms with E-state index in [1.54, 1.807) is 11.3 Å². The Morgan fingerprint density at radius 3 is 2.90 bits per heavy atom. The molecule has 0 radical (unpaired) electrons. The van der Waals surface area contributed by atoms with Gasteiger partial charge >= 0.3 is 5.97 Å². The molecular formula is C15H13NO4S. The summed E-state index contributed by atoms with van der Waals surface area (Å²) < 4.78 is 11.1. The molecule has 108 valence electrons. The van der Waals surface area contributed by atoms with Crippen molar-refractivity contribution in [2.24, 2.45) is 0 Å². The zero-order chi connectivity index (χ0) is 14.4. The van der Waals surface area contributed by atoms with Crippen LogP contribution in [0.25, 0.3) is 10.6 Å². The van der Waals surface area contributed by atoms with Gasteiger partial charge in [-0.3, -0.25) is 4.79 Å². The number of hydrogen-bond acceptors (Lipinski definition) is 5. The number of ether oxygens (including phenoxy) is 2. The Morgan fingerprint density at radius 2 is 2.10 bits per heavy atom. The summed E-state index contributed by atoms with van der Waals surface area (Å²) in [5.41, 5.74) is 1.68. The molecule has 1 N–H and O–H groups in total. The highest BCUT2D eigenvalue weighted by atomic mass is 32.1. The number of aliphatic carboxylic acids is 1. The van der Waals surface area contributed by atoms with Gasteiger partial charge in [0.2, 0.25) is 0 Å². The fourth-order valence-electron chi connectivity index (χ4n) is 2.77. The predicted octanol–water partition coefficient (Wildman–Crippen LogP) is 2.70. The number of benzene rings is 1. The van der Waals surface area contributed by atoms with E-state index in [4.69, 9.17) is 9.47 Å². The van der Waals surface area contributed by atoms with Crippen LogP contribution < -0.4 is 9.47 Å². The van der Waals surface area contributed by atoms with Crippen molar-refractivity contribution in [1.29, 1.82) is 0 Å². The maximum absolute atomic E-state index is 11.2. The van der Waals surface area contributed by atoms with Crippen molar-refractivity contribution in [3.05, 3.63) is 28.8 Å². The van der Waals surface area contributed by atoms with Gasteiger partial charge in [-0.15, -0.1) is 11.3 Å². The number of hydrogen-bond donors (Lipinski definition) is 1. The SMILES string of the molecule is O=C(O)C1CCc2sc(-c3ccc4c(c3)OCCO4)nc21. The molecule has 2 aromatic rings. The lowest BCUT2D eigenvalue weighted by atomic mass is 10.1. The van der Waals surface area contributed by atoms with Gasteiger partial charge in [0, 0.05) is 10.4 Å². The minimum absolute atomic E-state index is 0.456. The Bertz CT molecular complexity index is 724. The number of nitrogens with zero attached hydrogens (tertiary/aromatic N) is 1. The third kappa shape index (κ3) is 2.06. The predicted molar refractivity (Wildman–Crippen MR) is 77.2 cm³/mol. The molecular weight excluding hydrogens is 290 g/mol. The van der Waals surface area contributed by atoms with E-state index in [0.717, 1.165) is 39.1 Å². The fourth-order valence-corrected chi connectivity index (χ4v) is 3.90. The lowest BCUT2D eigenvalue weighted by Gasteiger charge is -2.18. The minimum atomic E-state index is -0.784. The first-order valence-electron chi connectivity index (χ1n) is 6.85. The number of thiazole rings is 1. The van der Waals surface area contributed by atoms with Gasteiger partial charge in [0.1, 0.15) is 24.1 Å². The van der Waals surface area contributed by atoms with Crippen molar-refractivity contribution in [1.82, 2.24) is 4.98 Å². The molecule has 2 aliphatic rings. The third-order valence-corrected chi connectivity index (χ3v) is 4.98. The van der Waals surface area contributed by atoms with Crippen LogP contribution in [0.5, 0.6) is 11.5 Å². The molecule has 2 heterocycles. The van der Waals surface area contributed by atoms with Crippen LogP contribution in [0.15, 0.2) is 18.2 Å². The second-order valence-corrected chi connectivity index (χ2v) is 6.20. The molecule has 1 aliphatic carbocycles. The molecule has 0 spiro atoms. The van der Waals surface area contributed by atoms with Gasteiger partial charge in [0.05, 0.1) is 5.69 Å². The van der Waals surface area contributed by atoms with Crippen LogP contribution >= 0.6 is 11.3 Å². The summed E-state index contributed by atoms with van der Waals surface area (Å²) in [6.07, 6.45) is 1.46. The second-order valence-electron chi connectivity index (χ2n) is 5.12. The normalized spacial score (nSPS) is 19.3. The molecule has 1 unspecified atom stereocenters. The Morgan fingerprint density at radius 1 is 1.29 bits per heavy atom. The number of aromatic nitrogens is 1. The quantitative estimate of drug-likeness (QED) is 0.924.